The molecule has 0 fully saturated rings. The van der Waals surface area contributed by atoms with Crippen LogP contribution in [0.1, 0.15) is 47.2 Å². The van der Waals surface area contributed by atoms with Crippen molar-refractivity contribution < 1.29 is 0 Å². The van der Waals surface area contributed by atoms with E-state index in [-0.39, 0.29) is 5.41 Å². The summed E-state index contributed by atoms with van der Waals surface area (Å²) in [6.45, 7) is 4.73. The Morgan fingerprint density at radius 3 is 1.72 bits per heavy atom. The smallest absolute Gasteiger partial charge is 0.0714 e. The lowest BCUT2D eigenvalue weighted by Crippen LogP contribution is -2.28. The van der Waals surface area contributed by atoms with Crippen molar-refractivity contribution in [3.05, 3.63) is 246 Å². The molecule has 0 radical (unpaired) electrons. The topological polar surface area (TPSA) is 3.24 Å². The summed E-state index contributed by atoms with van der Waals surface area (Å²) in [6, 6.07) is 79.1. The molecule has 2 aliphatic carbocycles. The number of fused-ring (bicyclic) bond motifs is 10. The van der Waals surface area contributed by atoms with Gasteiger partial charge >= 0.3 is 0 Å². The van der Waals surface area contributed by atoms with Gasteiger partial charge in [0.15, 0.2) is 0 Å². The van der Waals surface area contributed by atoms with Crippen LogP contribution in [0.3, 0.4) is 0 Å². The first kappa shape index (κ1) is 35.0. The fourth-order valence-corrected chi connectivity index (χ4v) is 11.9. The largest absolute Gasteiger partial charge is 0.310 e. The van der Waals surface area contributed by atoms with Crippen LogP contribution in [0.5, 0.6) is 0 Å². The van der Waals surface area contributed by atoms with E-state index < -0.39 is 5.41 Å². The number of thiophene rings is 1. The molecule has 0 amide bonds. The van der Waals surface area contributed by atoms with Gasteiger partial charge in [0.2, 0.25) is 0 Å². The van der Waals surface area contributed by atoms with Crippen LogP contribution in [-0.4, -0.2) is 0 Å². The zero-order valence-corrected chi connectivity index (χ0v) is 34.4. The molecule has 1 atom stereocenters. The van der Waals surface area contributed by atoms with E-state index in [2.05, 4.69) is 231 Å². The van der Waals surface area contributed by atoms with E-state index in [0.29, 0.717) is 0 Å². The summed E-state index contributed by atoms with van der Waals surface area (Å²) < 4.78 is 2.69. The lowest BCUT2D eigenvalue weighted by molar-refractivity contribution is 0.660. The van der Waals surface area contributed by atoms with Crippen LogP contribution in [0.4, 0.5) is 17.1 Å². The molecule has 0 N–H and O–H groups in total. The predicted molar refractivity (Wildman–Crippen MR) is 254 cm³/mol. The van der Waals surface area contributed by atoms with E-state index >= 15 is 0 Å². The summed E-state index contributed by atoms with van der Waals surface area (Å²) >= 11 is 1.92. The van der Waals surface area contributed by atoms with E-state index in [1.807, 2.05) is 11.3 Å². The molecule has 0 saturated heterocycles. The zero-order valence-electron chi connectivity index (χ0n) is 33.6. The third kappa shape index (κ3) is 4.98. The van der Waals surface area contributed by atoms with Crippen molar-refractivity contribution in [3.8, 4) is 33.4 Å². The Kier molecular flexibility index (Phi) is 7.73. The predicted octanol–water partition coefficient (Wildman–Crippen LogP) is 15.9. The first-order valence-corrected chi connectivity index (χ1v) is 21.7. The normalized spacial score (nSPS) is 15.7. The molecule has 12 rings (SSSR count). The maximum absolute atomic E-state index is 2.43. The van der Waals surface area contributed by atoms with Gasteiger partial charge in [-0.25, -0.2) is 0 Å². The van der Waals surface area contributed by atoms with Gasteiger partial charge in [-0.15, -0.1) is 11.3 Å². The van der Waals surface area contributed by atoms with Gasteiger partial charge in [-0.2, -0.15) is 0 Å². The number of rotatable bonds is 6. The maximum atomic E-state index is 2.43. The number of hydrogen-bond acceptors (Lipinski definition) is 2. The molecular formula is C58H41NS. The molecule has 1 unspecified atom stereocenters. The van der Waals surface area contributed by atoms with Gasteiger partial charge in [0.25, 0.3) is 0 Å². The molecular weight excluding hydrogens is 743 g/mol. The molecule has 2 aliphatic rings. The molecule has 1 aromatic heterocycles. The van der Waals surface area contributed by atoms with Crippen LogP contribution in [0.2, 0.25) is 0 Å². The van der Waals surface area contributed by atoms with E-state index in [1.165, 1.54) is 86.9 Å². The third-order valence-electron chi connectivity index (χ3n) is 13.4. The fraction of sp³-hybridized carbons (Fsp3) is 0.0690. The second-order valence-corrected chi connectivity index (χ2v) is 17.9. The van der Waals surface area contributed by atoms with Crippen LogP contribution < -0.4 is 4.90 Å². The van der Waals surface area contributed by atoms with Crippen molar-refractivity contribution in [1.29, 1.82) is 0 Å². The molecule has 10 aromatic rings. The SMILES string of the molecule is CC1(C)c2ccccc2-c2ccc(N(c3ccc(-c4ccccc4)cc3)c3ccc(C4(c5ccccc5)c5ccccc5-c5c4ccc4c5sc5ccccc54)cc3)cc21. The number of benzene rings is 9. The van der Waals surface area contributed by atoms with Gasteiger partial charge in [0.05, 0.1) is 5.41 Å². The van der Waals surface area contributed by atoms with Gasteiger partial charge in [0, 0.05) is 48.2 Å². The molecule has 284 valence electrons. The average Bonchev–Trinajstić information content (AvgIpc) is 3.91. The lowest BCUT2D eigenvalue weighted by atomic mass is 9.67. The Balaban J connectivity index is 1.05. The monoisotopic (exact) mass is 783 g/mol. The molecule has 9 aromatic carbocycles. The summed E-state index contributed by atoms with van der Waals surface area (Å²) in [7, 11) is 0. The number of anilines is 3. The van der Waals surface area contributed by atoms with Crippen molar-refractivity contribution in [2.45, 2.75) is 24.7 Å². The van der Waals surface area contributed by atoms with Gasteiger partial charge in [-0.1, -0.05) is 184 Å². The summed E-state index contributed by atoms with van der Waals surface area (Å²) in [4.78, 5) is 2.43. The Morgan fingerprint density at radius 2 is 0.950 bits per heavy atom. The highest BCUT2D eigenvalue weighted by atomic mass is 32.1. The minimum Gasteiger partial charge on any atom is -0.310 e. The Labute approximate surface area is 355 Å². The minimum absolute atomic E-state index is 0.111. The second-order valence-electron chi connectivity index (χ2n) is 16.8. The molecule has 0 bridgehead atoms. The quantitative estimate of drug-likeness (QED) is 0.162. The molecule has 0 saturated carbocycles. The molecule has 2 heteroatoms. The van der Waals surface area contributed by atoms with Crippen LogP contribution >= 0.6 is 11.3 Å². The number of nitrogens with zero attached hydrogens (tertiary/aromatic N) is 1. The third-order valence-corrected chi connectivity index (χ3v) is 14.6. The van der Waals surface area contributed by atoms with Gasteiger partial charge in [0.1, 0.15) is 0 Å². The zero-order chi connectivity index (χ0) is 40.0. The Morgan fingerprint density at radius 1 is 0.383 bits per heavy atom. The van der Waals surface area contributed by atoms with Crippen LogP contribution in [-0.2, 0) is 10.8 Å². The summed E-state index contributed by atoms with van der Waals surface area (Å²) in [5, 5.41) is 2.66. The Hall–Kier alpha value is -7.00. The summed E-state index contributed by atoms with van der Waals surface area (Å²) in [5.74, 6) is 0. The van der Waals surface area contributed by atoms with Crippen molar-refractivity contribution in [2.24, 2.45) is 0 Å². The molecule has 1 nitrogen and oxygen atoms in total. The number of hydrogen-bond donors (Lipinski definition) is 0. The highest BCUT2D eigenvalue weighted by Crippen LogP contribution is 2.59. The van der Waals surface area contributed by atoms with Crippen molar-refractivity contribution in [2.75, 3.05) is 4.90 Å². The highest BCUT2D eigenvalue weighted by molar-refractivity contribution is 7.26. The van der Waals surface area contributed by atoms with Crippen LogP contribution in [0, 0.1) is 0 Å². The first-order chi connectivity index (χ1) is 29.5. The molecule has 1 heterocycles. The van der Waals surface area contributed by atoms with Gasteiger partial charge in [-0.05, 0) is 104 Å². The highest BCUT2D eigenvalue weighted by Gasteiger charge is 2.47. The van der Waals surface area contributed by atoms with E-state index in [4.69, 9.17) is 0 Å². The maximum Gasteiger partial charge on any atom is 0.0714 e. The molecule has 0 aliphatic heterocycles. The van der Waals surface area contributed by atoms with E-state index in [0.717, 1.165) is 17.1 Å². The van der Waals surface area contributed by atoms with Crippen molar-refractivity contribution in [3.63, 3.8) is 0 Å². The Bertz CT molecular complexity index is 3270. The lowest BCUT2D eigenvalue weighted by Gasteiger charge is -2.34. The second kappa shape index (κ2) is 13.3. The standard InChI is InChI=1S/C58H41NS/c1-57(2)50-22-12-9-19-45(50)46-34-33-44(37-53(46)57)59(42-29-25-39(26-30-42)38-15-5-3-6-16-38)43-31-27-41(28-32-43)58(40-17-7-4-8-18-40)51-23-13-10-21-49(51)55-52(58)36-35-48-47-20-11-14-24-54(47)60-56(48)55/h3-37H,1-2H3. The van der Waals surface area contributed by atoms with Crippen molar-refractivity contribution in [1.82, 2.24) is 0 Å². The van der Waals surface area contributed by atoms with E-state index in [1.54, 1.807) is 0 Å². The van der Waals surface area contributed by atoms with Crippen LogP contribution in [0.25, 0.3) is 53.6 Å². The molecule has 60 heavy (non-hydrogen) atoms. The average molecular weight is 784 g/mol. The summed E-state index contributed by atoms with van der Waals surface area (Å²) in [5.41, 5.74) is 18.5. The van der Waals surface area contributed by atoms with Crippen molar-refractivity contribution >= 4 is 48.6 Å². The summed E-state index contributed by atoms with van der Waals surface area (Å²) in [6.07, 6.45) is 0. The minimum atomic E-state index is -0.498. The van der Waals surface area contributed by atoms with E-state index in [9.17, 15) is 0 Å². The molecule has 0 spiro atoms. The van der Waals surface area contributed by atoms with Gasteiger partial charge in [-0.3, -0.25) is 0 Å². The van der Waals surface area contributed by atoms with Gasteiger partial charge < -0.3 is 4.90 Å². The first-order valence-electron chi connectivity index (χ1n) is 20.9. The fourth-order valence-electron chi connectivity index (χ4n) is 10.6. The van der Waals surface area contributed by atoms with Crippen LogP contribution in [0.15, 0.2) is 212 Å².